The molecule has 0 aromatic heterocycles. The van der Waals surface area contributed by atoms with E-state index in [9.17, 15) is 0 Å². The predicted molar refractivity (Wildman–Crippen MR) is 75.2 cm³/mol. The lowest BCUT2D eigenvalue weighted by atomic mass is 10.0. The Labute approximate surface area is 107 Å². The summed E-state index contributed by atoms with van der Waals surface area (Å²) < 4.78 is 0. The van der Waals surface area contributed by atoms with Crippen molar-refractivity contribution in [2.24, 2.45) is 0 Å². The molecule has 0 saturated carbocycles. The Hall–Kier alpha value is -0.763. The maximum Gasteiger partial charge on any atom is 0.277 e. The zero-order valence-corrected chi connectivity index (χ0v) is 11.2. The van der Waals surface area contributed by atoms with Crippen LogP contribution in [-0.2, 0) is 0 Å². The van der Waals surface area contributed by atoms with Crippen molar-refractivity contribution in [3.05, 3.63) is 54.1 Å². The van der Waals surface area contributed by atoms with Crippen LogP contribution in [0.2, 0.25) is 6.04 Å². The monoisotopic (exact) mass is 265 g/mol. The van der Waals surface area contributed by atoms with Crippen molar-refractivity contribution in [3.63, 3.8) is 0 Å². The molecule has 0 heterocycles. The van der Waals surface area contributed by atoms with Crippen molar-refractivity contribution in [2.75, 3.05) is 0 Å². The number of fused-ring (bicyclic) bond motifs is 1. The van der Waals surface area contributed by atoms with Gasteiger partial charge in [-0.2, -0.15) is 0 Å². The third-order valence-corrected chi connectivity index (χ3v) is 3.86. The van der Waals surface area contributed by atoms with Gasteiger partial charge in [0.2, 0.25) is 0 Å². The molecule has 81 valence electrons. The van der Waals surface area contributed by atoms with Crippen molar-refractivity contribution in [2.45, 2.75) is 6.04 Å². The fraction of sp³-hybridized carbons (Fsp3) is 0.0769. The van der Waals surface area contributed by atoms with Crippen molar-refractivity contribution >= 4 is 46.4 Å². The van der Waals surface area contributed by atoms with Crippen LogP contribution < -0.4 is 0 Å². The molecule has 0 aliphatic rings. The molecule has 0 N–H and O–H groups in total. The first kappa shape index (κ1) is 11.7. The smallest absolute Gasteiger partial charge is 0.146 e. The van der Waals surface area contributed by atoms with Gasteiger partial charge in [-0.3, -0.25) is 0 Å². The van der Waals surface area contributed by atoms with Gasteiger partial charge in [0, 0.05) is 0 Å². The minimum absolute atomic E-state index is 0.775. The van der Waals surface area contributed by atoms with Crippen molar-refractivity contribution in [1.29, 1.82) is 0 Å². The maximum absolute atomic E-state index is 5.78. The average Bonchev–Trinajstić information content (AvgIpc) is 2.29. The van der Waals surface area contributed by atoms with Crippen LogP contribution in [-0.4, -0.2) is 7.42 Å². The van der Waals surface area contributed by atoms with Crippen LogP contribution >= 0.6 is 22.2 Å². The first-order chi connectivity index (χ1) is 7.77. The van der Waals surface area contributed by atoms with E-state index in [1.165, 1.54) is 16.3 Å². The largest absolute Gasteiger partial charge is 0.277 e. The molecule has 3 heteroatoms. The van der Waals surface area contributed by atoms with E-state index >= 15 is 0 Å². The SMILES string of the molecule is Cl[Si](Cl)CC=Cc1cccc2ccccc12. The fourth-order valence-electron chi connectivity index (χ4n) is 1.67. The van der Waals surface area contributed by atoms with Crippen LogP contribution in [0.25, 0.3) is 16.8 Å². The van der Waals surface area contributed by atoms with Crippen molar-refractivity contribution in [3.8, 4) is 0 Å². The molecule has 0 fully saturated rings. The fourth-order valence-corrected chi connectivity index (χ4v) is 2.50. The molecule has 0 spiro atoms. The number of halogens is 2. The Morgan fingerprint density at radius 3 is 2.56 bits per heavy atom. The Bertz CT molecular complexity index is 501. The molecule has 0 aliphatic heterocycles. The highest BCUT2D eigenvalue weighted by Gasteiger charge is 1.99. The molecule has 0 bridgehead atoms. The molecule has 2 aromatic carbocycles. The molecular formula is C13H11Cl2Si. The van der Waals surface area contributed by atoms with E-state index in [0.29, 0.717) is 0 Å². The van der Waals surface area contributed by atoms with Gasteiger partial charge in [0.1, 0.15) is 0 Å². The van der Waals surface area contributed by atoms with E-state index in [2.05, 4.69) is 54.6 Å². The van der Waals surface area contributed by atoms with Gasteiger partial charge in [-0.25, -0.2) is 0 Å². The second kappa shape index (κ2) is 5.53. The molecule has 0 saturated heterocycles. The summed E-state index contributed by atoms with van der Waals surface area (Å²) in [5, 5.41) is 2.52. The second-order valence-electron chi connectivity index (χ2n) is 3.51. The summed E-state index contributed by atoms with van der Waals surface area (Å²) in [5.74, 6) is 0. The summed E-state index contributed by atoms with van der Waals surface area (Å²) in [4.78, 5) is 0. The minimum atomic E-state index is -1.20. The number of rotatable bonds is 3. The summed E-state index contributed by atoms with van der Waals surface area (Å²) in [6, 6.07) is 15.4. The zero-order valence-electron chi connectivity index (χ0n) is 8.66. The highest BCUT2D eigenvalue weighted by Crippen LogP contribution is 2.20. The molecule has 0 unspecified atom stereocenters. The number of hydrogen-bond acceptors (Lipinski definition) is 0. The number of benzene rings is 2. The Kier molecular flexibility index (Phi) is 4.05. The van der Waals surface area contributed by atoms with Gasteiger partial charge in [0.05, 0.1) is 0 Å². The van der Waals surface area contributed by atoms with Gasteiger partial charge >= 0.3 is 0 Å². The van der Waals surface area contributed by atoms with E-state index in [-0.39, 0.29) is 0 Å². The number of allylic oxidation sites excluding steroid dienone is 1. The van der Waals surface area contributed by atoms with E-state index in [1.807, 2.05) is 0 Å². The topological polar surface area (TPSA) is 0 Å². The van der Waals surface area contributed by atoms with Crippen LogP contribution in [0.5, 0.6) is 0 Å². The van der Waals surface area contributed by atoms with E-state index in [4.69, 9.17) is 22.2 Å². The summed E-state index contributed by atoms with van der Waals surface area (Å²) in [6.45, 7) is 0. The zero-order chi connectivity index (χ0) is 11.4. The highest BCUT2D eigenvalue weighted by atomic mass is 35.7. The summed E-state index contributed by atoms with van der Waals surface area (Å²) in [7, 11) is -1.20. The molecule has 16 heavy (non-hydrogen) atoms. The van der Waals surface area contributed by atoms with Gasteiger partial charge in [-0.05, 0) is 22.4 Å². The molecule has 2 aromatic rings. The molecule has 2 rings (SSSR count). The minimum Gasteiger partial charge on any atom is -0.146 e. The predicted octanol–water partition coefficient (Wildman–Crippen LogP) is 4.82. The Balaban J connectivity index is 2.34. The number of hydrogen-bond donors (Lipinski definition) is 0. The van der Waals surface area contributed by atoms with Crippen LogP contribution in [0, 0.1) is 0 Å². The average molecular weight is 266 g/mol. The summed E-state index contributed by atoms with van der Waals surface area (Å²) in [6.07, 6.45) is 4.15. The quantitative estimate of drug-likeness (QED) is 0.552. The van der Waals surface area contributed by atoms with Gasteiger partial charge in [0.15, 0.2) is 0 Å². The van der Waals surface area contributed by atoms with Gasteiger partial charge < -0.3 is 0 Å². The van der Waals surface area contributed by atoms with Gasteiger partial charge in [-0.15, -0.1) is 22.2 Å². The summed E-state index contributed by atoms with van der Waals surface area (Å²) >= 11 is 11.6. The van der Waals surface area contributed by atoms with Crippen molar-refractivity contribution < 1.29 is 0 Å². The third kappa shape index (κ3) is 2.88. The van der Waals surface area contributed by atoms with Crippen LogP contribution in [0.15, 0.2) is 48.5 Å². The molecule has 0 atom stereocenters. The lowest BCUT2D eigenvalue weighted by Gasteiger charge is -2.01. The van der Waals surface area contributed by atoms with Crippen molar-refractivity contribution in [1.82, 2.24) is 0 Å². The molecule has 0 aliphatic carbocycles. The van der Waals surface area contributed by atoms with E-state index in [1.54, 1.807) is 0 Å². The normalized spacial score (nSPS) is 11.7. The second-order valence-corrected chi connectivity index (χ2v) is 7.92. The Morgan fingerprint density at radius 2 is 1.75 bits per heavy atom. The third-order valence-electron chi connectivity index (χ3n) is 2.39. The summed E-state index contributed by atoms with van der Waals surface area (Å²) in [5.41, 5.74) is 1.22. The van der Waals surface area contributed by atoms with Gasteiger partial charge in [0.25, 0.3) is 7.42 Å². The molecule has 0 nitrogen and oxygen atoms in total. The first-order valence-corrected chi connectivity index (χ1v) is 8.81. The first-order valence-electron chi connectivity index (χ1n) is 5.08. The van der Waals surface area contributed by atoms with Crippen LogP contribution in [0.1, 0.15) is 5.56 Å². The van der Waals surface area contributed by atoms with Crippen LogP contribution in [0.4, 0.5) is 0 Å². The highest BCUT2D eigenvalue weighted by molar-refractivity contribution is 7.33. The maximum atomic E-state index is 5.78. The van der Waals surface area contributed by atoms with Gasteiger partial charge in [-0.1, -0.05) is 54.6 Å². The lowest BCUT2D eigenvalue weighted by molar-refractivity contribution is 1.68. The lowest BCUT2D eigenvalue weighted by Crippen LogP contribution is -1.86. The van der Waals surface area contributed by atoms with E-state index in [0.717, 1.165) is 6.04 Å². The van der Waals surface area contributed by atoms with E-state index < -0.39 is 7.42 Å². The molecule has 0 amide bonds. The van der Waals surface area contributed by atoms with Crippen LogP contribution in [0.3, 0.4) is 0 Å². The molecule has 1 radical (unpaired) electrons. The molecular weight excluding hydrogens is 255 g/mol. The standard InChI is InChI=1S/C13H11Cl2Si/c14-16(15)10-4-8-12-7-3-6-11-5-1-2-9-13(11)12/h1-9H,10H2. The Morgan fingerprint density at radius 1 is 1.00 bits per heavy atom.